The SMILES string of the molecule is O=C1c2c(OCc3ccccc3)c(=O)cc3n2[C@]2(CCCCN1C2)CC3. The van der Waals surface area contributed by atoms with Gasteiger partial charge in [0.25, 0.3) is 5.91 Å². The number of benzene rings is 1. The molecule has 4 heterocycles. The summed E-state index contributed by atoms with van der Waals surface area (Å²) in [5.74, 6) is 0.173. The quantitative estimate of drug-likeness (QED) is 0.855. The standard InChI is InChI=1S/C21H22N2O3/c24-17-12-16-8-10-21-9-4-5-11-22(14-21)20(25)18(23(16)21)19(17)26-13-15-6-2-1-3-7-15/h1-3,6-7,12H,4-5,8-11,13-14H2/t21-/m1/s1. The second-order valence-corrected chi connectivity index (χ2v) is 7.70. The lowest BCUT2D eigenvalue weighted by atomic mass is 9.89. The molecule has 1 amide bonds. The van der Waals surface area contributed by atoms with Gasteiger partial charge in [-0.05, 0) is 37.7 Å². The normalized spacial score (nSPS) is 23.5. The maximum Gasteiger partial charge on any atom is 0.274 e. The molecule has 0 unspecified atom stereocenters. The molecule has 2 aromatic rings. The van der Waals surface area contributed by atoms with Gasteiger partial charge in [0.15, 0.2) is 11.4 Å². The average Bonchev–Trinajstić information content (AvgIpc) is 2.88. The Morgan fingerprint density at radius 1 is 1.08 bits per heavy atom. The Morgan fingerprint density at radius 2 is 1.92 bits per heavy atom. The van der Waals surface area contributed by atoms with Crippen LogP contribution in [0, 0.1) is 0 Å². The van der Waals surface area contributed by atoms with Gasteiger partial charge in [0.05, 0.1) is 5.54 Å². The van der Waals surface area contributed by atoms with E-state index in [1.54, 1.807) is 6.07 Å². The molecule has 1 aromatic carbocycles. The molecule has 0 saturated carbocycles. The van der Waals surface area contributed by atoms with Crippen molar-refractivity contribution in [3.8, 4) is 5.75 Å². The first-order valence-electron chi connectivity index (χ1n) is 9.43. The molecule has 5 heteroatoms. The van der Waals surface area contributed by atoms with Crippen molar-refractivity contribution in [3.63, 3.8) is 0 Å². The van der Waals surface area contributed by atoms with Gasteiger partial charge in [-0.1, -0.05) is 30.3 Å². The van der Waals surface area contributed by atoms with E-state index in [0.717, 1.165) is 56.5 Å². The predicted octanol–water partition coefficient (Wildman–Crippen LogP) is 2.71. The highest BCUT2D eigenvalue weighted by Gasteiger charge is 2.49. The molecule has 0 radical (unpaired) electrons. The lowest BCUT2D eigenvalue weighted by Crippen LogP contribution is -2.52. The maximum atomic E-state index is 13.2. The van der Waals surface area contributed by atoms with Gasteiger partial charge in [-0.3, -0.25) is 9.59 Å². The van der Waals surface area contributed by atoms with Crippen molar-refractivity contribution in [2.24, 2.45) is 0 Å². The molecule has 3 aliphatic heterocycles. The predicted molar refractivity (Wildman–Crippen MR) is 97.5 cm³/mol. The van der Waals surface area contributed by atoms with Gasteiger partial charge in [-0.25, -0.2) is 0 Å². The van der Waals surface area contributed by atoms with E-state index in [1.165, 1.54) is 0 Å². The van der Waals surface area contributed by atoms with Gasteiger partial charge >= 0.3 is 0 Å². The molecule has 0 aliphatic carbocycles. The molecule has 0 N–H and O–H groups in total. The summed E-state index contributed by atoms with van der Waals surface area (Å²) >= 11 is 0. The molecule has 134 valence electrons. The minimum absolute atomic E-state index is 0.0480. The van der Waals surface area contributed by atoms with Gasteiger partial charge in [0, 0.05) is 24.8 Å². The molecule has 5 nitrogen and oxygen atoms in total. The number of ether oxygens (including phenoxy) is 1. The van der Waals surface area contributed by atoms with Crippen molar-refractivity contribution < 1.29 is 9.53 Å². The van der Waals surface area contributed by atoms with Crippen LogP contribution in [0.25, 0.3) is 0 Å². The lowest BCUT2D eigenvalue weighted by Gasteiger charge is -2.42. The maximum absolute atomic E-state index is 13.2. The zero-order valence-corrected chi connectivity index (χ0v) is 14.7. The van der Waals surface area contributed by atoms with Crippen molar-refractivity contribution in [2.45, 2.75) is 44.2 Å². The second-order valence-electron chi connectivity index (χ2n) is 7.70. The molecule has 1 fully saturated rings. The zero-order valence-electron chi connectivity index (χ0n) is 14.7. The summed E-state index contributed by atoms with van der Waals surface area (Å²) in [6, 6.07) is 11.4. The van der Waals surface area contributed by atoms with Crippen LogP contribution in [-0.4, -0.2) is 28.5 Å². The fourth-order valence-electron chi connectivity index (χ4n) is 4.88. The van der Waals surface area contributed by atoms with Crippen molar-refractivity contribution in [2.75, 3.05) is 13.1 Å². The summed E-state index contributed by atoms with van der Waals surface area (Å²) in [6.07, 6.45) is 5.09. The van der Waals surface area contributed by atoms with Crippen molar-refractivity contribution in [1.82, 2.24) is 9.47 Å². The summed E-state index contributed by atoms with van der Waals surface area (Å²) < 4.78 is 8.11. The molecule has 2 bridgehead atoms. The lowest BCUT2D eigenvalue weighted by molar-refractivity contribution is 0.0582. The zero-order chi connectivity index (χ0) is 17.7. The van der Waals surface area contributed by atoms with Crippen LogP contribution >= 0.6 is 0 Å². The Hall–Kier alpha value is -2.56. The molecule has 1 saturated heterocycles. The first-order valence-corrected chi connectivity index (χ1v) is 9.43. The van der Waals surface area contributed by atoms with E-state index >= 15 is 0 Å². The van der Waals surface area contributed by atoms with Crippen LogP contribution < -0.4 is 10.2 Å². The van der Waals surface area contributed by atoms with Gasteiger partial charge in [0.2, 0.25) is 5.43 Å². The topological polar surface area (TPSA) is 51.5 Å². The minimum atomic E-state index is -0.174. The van der Waals surface area contributed by atoms with E-state index in [4.69, 9.17) is 4.74 Å². The number of aryl methyl sites for hydroxylation is 1. The Morgan fingerprint density at radius 3 is 2.77 bits per heavy atom. The van der Waals surface area contributed by atoms with E-state index < -0.39 is 0 Å². The minimum Gasteiger partial charge on any atom is -0.483 e. The Labute approximate surface area is 152 Å². The van der Waals surface area contributed by atoms with Crippen LogP contribution in [0.3, 0.4) is 0 Å². The summed E-state index contributed by atoms with van der Waals surface area (Å²) in [7, 11) is 0. The van der Waals surface area contributed by atoms with Crippen LogP contribution in [0.1, 0.15) is 47.4 Å². The number of pyridine rings is 1. The summed E-state index contributed by atoms with van der Waals surface area (Å²) in [6.45, 7) is 1.84. The van der Waals surface area contributed by atoms with Gasteiger partial charge in [0.1, 0.15) is 6.61 Å². The monoisotopic (exact) mass is 350 g/mol. The van der Waals surface area contributed by atoms with Gasteiger partial charge < -0.3 is 14.2 Å². The smallest absolute Gasteiger partial charge is 0.274 e. The van der Waals surface area contributed by atoms with Crippen LogP contribution in [0.2, 0.25) is 0 Å². The third-order valence-corrected chi connectivity index (χ3v) is 6.09. The Balaban J connectivity index is 1.63. The molecular weight excluding hydrogens is 328 g/mol. The number of carbonyl (C=O) groups excluding carboxylic acids is 1. The van der Waals surface area contributed by atoms with Crippen LogP contribution in [0.4, 0.5) is 0 Å². The highest BCUT2D eigenvalue weighted by Crippen LogP contribution is 2.44. The van der Waals surface area contributed by atoms with E-state index in [1.807, 2.05) is 35.2 Å². The van der Waals surface area contributed by atoms with Crippen molar-refractivity contribution in [1.29, 1.82) is 0 Å². The summed E-state index contributed by atoms with van der Waals surface area (Å²) in [4.78, 5) is 27.9. The molecule has 3 aliphatic rings. The Bertz CT molecular complexity index is 934. The number of amides is 1. The average molecular weight is 350 g/mol. The number of hydrogen-bond donors (Lipinski definition) is 0. The van der Waals surface area contributed by atoms with E-state index in [-0.39, 0.29) is 22.6 Å². The summed E-state index contributed by atoms with van der Waals surface area (Å²) in [5.41, 5.74) is 2.24. The van der Waals surface area contributed by atoms with E-state index in [9.17, 15) is 9.59 Å². The van der Waals surface area contributed by atoms with Crippen LogP contribution in [0.15, 0.2) is 41.2 Å². The third kappa shape index (κ3) is 2.23. The fraction of sp³-hybridized carbons (Fsp3) is 0.429. The van der Waals surface area contributed by atoms with Gasteiger partial charge in [-0.2, -0.15) is 0 Å². The van der Waals surface area contributed by atoms with Crippen molar-refractivity contribution >= 4 is 5.91 Å². The highest BCUT2D eigenvalue weighted by atomic mass is 16.5. The van der Waals surface area contributed by atoms with Crippen LogP contribution in [-0.2, 0) is 18.6 Å². The van der Waals surface area contributed by atoms with Crippen LogP contribution in [0.5, 0.6) is 5.75 Å². The molecule has 1 aromatic heterocycles. The Kier molecular flexibility index (Phi) is 3.45. The molecule has 5 rings (SSSR count). The molecule has 26 heavy (non-hydrogen) atoms. The van der Waals surface area contributed by atoms with Gasteiger partial charge in [-0.15, -0.1) is 0 Å². The highest BCUT2D eigenvalue weighted by molar-refractivity contribution is 5.96. The van der Waals surface area contributed by atoms with Crippen molar-refractivity contribution in [3.05, 3.63) is 63.6 Å². The first-order chi connectivity index (χ1) is 12.7. The largest absolute Gasteiger partial charge is 0.483 e. The number of carbonyl (C=O) groups is 1. The third-order valence-electron chi connectivity index (χ3n) is 6.09. The number of rotatable bonds is 3. The molecular formula is C21H22N2O3. The van der Waals surface area contributed by atoms with E-state index in [2.05, 4.69) is 4.57 Å². The number of hydrogen-bond acceptors (Lipinski definition) is 3. The number of nitrogens with zero attached hydrogens (tertiary/aromatic N) is 2. The fourth-order valence-corrected chi connectivity index (χ4v) is 4.88. The molecule has 1 atom stereocenters. The number of fused-ring (bicyclic) bond motifs is 1. The number of aromatic nitrogens is 1. The second kappa shape index (κ2) is 5.73. The molecule has 1 spiro atoms. The first kappa shape index (κ1) is 15.7. The van der Waals surface area contributed by atoms with E-state index in [0.29, 0.717) is 12.3 Å². The summed E-state index contributed by atoms with van der Waals surface area (Å²) in [5, 5.41) is 0.